The molecule has 82 valence electrons. The molecular formula is C12H18N2S. The summed E-state index contributed by atoms with van der Waals surface area (Å²) in [7, 11) is 0. The van der Waals surface area contributed by atoms with E-state index in [4.69, 9.17) is 0 Å². The van der Waals surface area contributed by atoms with Crippen molar-refractivity contribution in [3.63, 3.8) is 0 Å². The molecule has 1 aliphatic heterocycles. The summed E-state index contributed by atoms with van der Waals surface area (Å²) in [4.78, 5) is 4.19. The van der Waals surface area contributed by atoms with Gasteiger partial charge in [-0.3, -0.25) is 4.98 Å². The summed E-state index contributed by atoms with van der Waals surface area (Å²) in [6, 6.07) is 4.15. The molecule has 0 saturated carbocycles. The van der Waals surface area contributed by atoms with Gasteiger partial charge in [-0.15, -0.1) is 0 Å². The Morgan fingerprint density at radius 2 is 2.47 bits per heavy atom. The average molecular weight is 222 g/mol. The van der Waals surface area contributed by atoms with Crippen LogP contribution in [0.25, 0.3) is 0 Å². The van der Waals surface area contributed by atoms with Crippen LogP contribution in [-0.4, -0.2) is 22.5 Å². The highest BCUT2D eigenvalue weighted by Gasteiger charge is 2.13. The highest BCUT2D eigenvalue weighted by Crippen LogP contribution is 2.25. The van der Waals surface area contributed by atoms with E-state index in [1.807, 2.05) is 19.2 Å². The van der Waals surface area contributed by atoms with Crippen molar-refractivity contribution in [1.29, 1.82) is 0 Å². The number of hydrogen-bond acceptors (Lipinski definition) is 3. The fourth-order valence-electron chi connectivity index (χ4n) is 1.86. The monoisotopic (exact) mass is 222 g/mol. The zero-order chi connectivity index (χ0) is 10.5. The van der Waals surface area contributed by atoms with Crippen LogP contribution in [-0.2, 0) is 0 Å². The highest BCUT2D eigenvalue weighted by molar-refractivity contribution is 7.99. The Morgan fingerprint density at radius 3 is 3.20 bits per heavy atom. The number of anilines is 1. The molecule has 1 aromatic heterocycles. The third-order valence-electron chi connectivity index (χ3n) is 2.70. The first kappa shape index (κ1) is 10.8. The zero-order valence-corrected chi connectivity index (χ0v) is 10.0. The van der Waals surface area contributed by atoms with Crippen molar-refractivity contribution in [2.75, 3.05) is 17.6 Å². The van der Waals surface area contributed by atoms with Crippen molar-refractivity contribution in [3.05, 3.63) is 24.0 Å². The van der Waals surface area contributed by atoms with Gasteiger partial charge in [0.15, 0.2) is 0 Å². The lowest BCUT2D eigenvalue weighted by atomic mass is 10.2. The Kier molecular flexibility index (Phi) is 3.89. The van der Waals surface area contributed by atoms with Crippen LogP contribution < -0.4 is 5.32 Å². The first-order chi connectivity index (χ1) is 7.34. The van der Waals surface area contributed by atoms with Crippen molar-refractivity contribution in [2.24, 2.45) is 0 Å². The molecule has 2 rings (SSSR count). The molecule has 1 atom stereocenters. The lowest BCUT2D eigenvalue weighted by Gasteiger charge is -2.21. The van der Waals surface area contributed by atoms with Gasteiger partial charge in [-0.25, -0.2) is 0 Å². The number of aromatic nitrogens is 1. The van der Waals surface area contributed by atoms with Gasteiger partial charge in [0.05, 0.1) is 0 Å². The van der Waals surface area contributed by atoms with Gasteiger partial charge < -0.3 is 5.32 Å². The molecule has 2 nitrogen and oxygen atoms in total. The standard InChI is InChI=1S/C12H18N2S/c1-10-8-11(5-6-13-10)14-9-12-4-2-3-7-15-12/h5-6,8,12H,2-4,7,9H2,1H3,(H,13,14). The number of aryl methyl sites for hydroxylation is 1. The number of rotatable bonds is 3. The van der Waals surface area contributed by atoms with E-state index in [0.29, 0.717) is 0 Å². The van der Waals surface area contributed by atoms with Gasteiger partial charge in [0.1, 0.15) is 0 Å². The van der Waals surface area contributed by atoms with Crippen LogP contribution >= 0.6 is 11.8 Å². The first-order valence-corrected chi connectivity index (χ1v) is 6.67. The molecule has 1 aromatic rings. The Morgan fingerprint density at radius 1 is 1.53 bits per heavy atom. The molecule has 0 radical (unpaired) electrons. The summed E-state index contributed by atoms with van der Waals surface area (Å²) >= 11 is 2.11. The molecule has 1 saturated heterocycles. The summed E-state index contributed by atoms with van der Waals surface area (Å²) < 4.78 is 0. The number of nitrogens with one attached hydrogen (secondary N) is 1. The Bertz CT molecular complexity index is 308. The second kappa shape index (κ2) is 5.40. The minimum atomic E-state index is 0.798. The Balaban J connectivity index is 1.81. The number of thioether (sulfide) groups is 1. The molecule has 0 aromatic carbocycles. The van der Waals surface area contributed by atoms with E-state index in [2.05, 4.69) is 28.1 Å². The van der Waals surface area contributed by atoms with Gasteiger partial charge >= 0.3 is 0 Å². The Hall–Kier alpha value is -0.700. The number of nitrogens with zero attached hydrogens (tertiary/aromatic N) is 1. The predicted molar refractivity (Wildman–Crippen MR) is 67.6 cm³/mol. The van der Waals surface area contributed by atoms with Crippen molar-refractivity contribution in [2.45, 2.75) is 31.4 Å². The van der Waals surface area contributed by atoms with Crippen molar-refractivity contribution in [3.8, 4) is 0 Å². The summed E-state index contributed by atoms with van der Waals surface area (Å²) in [6.07, 6.45) is 6.03. The largest absolute Gasteiger partial charge is 0.384 e. The second-order valence-electron chi connectivity index (χ2n) is 4.06. The van der Waals surface area contributed by atoms with Crippen LogP contribution in [0.4, 0.5) is 5.69 Å². The van der Waals surface area contributed by atoms with Gasteiger partial charge in [0.2, 0.25) is 0 Å². The van der Waals surface area contributed by atoms with Crippen LogP contribution in [0.3, 0.4) is 0 Å². The molecule has 0 aliphatic carbocycles. The van der Waals surface area contributed by atoms with Gasteiger partial charge in [-0.1, -0.05) is 6.42 Å². The van der Waals surface area contributed by atoms with Crippen molar-refractivity contribution < 1.29 is 0 Å². The van der Waals surface area contributed by atoms with E-state index in [-0.39, 0.29) is 0 Å². The molecule has 1 fully saturated rings. The summed E-state index contributed by atoms with van der Waals surface area (Å²) in [5.41, 5.74) is 2.28. The maximum Gasteiger partial charge on any atom is 0.0393 e. The van der Waals surface area contributed by atoms with E-state index in [1.165, 1.54) is 30.7 Å². The maximum atomic E-state index is 4.19. The maximum absolute atomic E-state index is 4.19. The summed E-state index contributed by atoms with van der Waals surface area (Å²) in [6.45, 7) is 3.12. The molecule has 0 amide bonds. The van der Waals surface area contributed by atoms with Crippen LogP contribution in [0.5, 0.6) is 0 Å². The average Bonchev–Trinajstić information content (AvgIpc) is 2.28. The molecular weight excluding hydrogens is 204 g/mol. The van der Waals surface area contributed by atoms with E-state index in [1.54, 1.807) is 0 Å². The number of pyridine rings is 1. The fraction of sp³-hybridized carbons (Fsp3) is 0.583. The second-order valence-corrected chi connectivity index (χ2v) is 5.46. The normalized spacial score (nSPS) is 21.3. The molecule has 1 N–H and O–H groups in total. The van der Waals surface area contributed by atoms with Gasteiger partial charge in [-0.2, -0.15) is 11.8 Å². The van der Waals surface area contributed by atoms with Gasteiger partial charge in [0, 0.05) is 29.4 Å². The van der Waals surface area contributed by atoms with E-state index >= 15 is 0 Å². The topological polar surface area (TPSA) is 24.9 Å². The van der Waals surface area contributed by atoms with Gasteiger partial charge in [-0.05, 0) is 37.7 Å². The summed E-state index contributed by atoms with van der Waals surface area (Å²) in [5.74, 6) is 1.34. The lowest BCUT2D eigenvalue weighted by Crippen LogP contribution is -2.19. The molecule has 0 bridgehead atoms. The molecule has 3 heteroatoms. The number of hydrogen-bond donors (Lipinski definition) is 1. The minimum absolute atomic E-state index is 0.798. The molecule has 15 heavy (non-hydrogen) atoms. The SMILES string of the molecule is Cc1cc(NCC2CCCCS2)ccn1. The molecule has 2 heterocycles. The van der Waals surface area contributed by atoms with E-state index in [0.717, 1.165) is 17.5 Å². The third kappa shape index (κ3) is 3.42. The minimum Gasteiger partial charge on any atom is -0.384 e. The smallest absolute Gasteiger partial charge is 0.0393 e. The quantitative estimate of drug-likeness (QED) is 0.850. The Labute approximate surface area is 95.9 Å². The predicted octanol–water partition coefficient (Wildman–Crippen LogP) is 3.09. The summed E-state index contributed by atoms with van der Waals surface area (Å²) in [5, 5.41) is 4.29. The van der Waals surface area contributed by atoms with Gasteiger partial charge in [0.25, 0.3) is 0 Å². The zero-order valence-electron chi connectivity index (χ0n) is 9.20. The molecule has 0 spiro atoms. The van der Waals surface area contributed by atoms with E-state index in [9.17, 15) is 0 Å². The third-order valence-corrected chi connectivity index (χ3v) is 4.10. The highest BCUT2D eigenvalue weighted by atomic mass is 32.2. The lowest BCUT2D eigenvalue weighted by molar-refractivity contribution is 0.677. The van der Waals surface area contributed by atoms with Crippen LogP contribution in [0.2, 0.25) is 0 Å². The van der Waals surface area contributed by atoms with E-state index < -0.39 is 0 Å². The van der Waals surface area contributed by atoms with Crippen molar-refractivity contribution >= 4 is 17.4 Å². The van der Waals surface area contributed by atoms with Crippen LogP contribution in [0.15, 0.2) is 18.3 Å². The van der Waals surface area contributed by atoms with Crippen molar-refractivity contribution in [1.82, 2.24) is 4.98 Å². The van der Waals surface area contributed by atoms with Crippen LogP contribution in [0, 0.1) is 6.92 Å². The van der Waals surface area contributed by atoms with Crippen LogP contribution in [0.1, 0.15) is 25.0 Å². The first-order valence-electron chi connectivity index (χ1n) is 5.63. The molecule has 1 aliphatic rings. The molecule has 1 unspecified atom stereocenters. The fourth-order valence-corrected chi connectivity index (χ4v) is 3.09.